The second-order valence-electron chi connectivity index (χ2n) is 3.25. The molecule has 0 amide bonds. The van der Waals surface area contributed by atoms with Crippen molar-refractivity contribution in [1.29, 1.82) is 0 Å². The molecular formula is C7H12NO2. The molecule has 10 heavy (non-hydrogen) atoms. The molecule has 2 bridgehead atoms. The van der Waals surface area contributed by atoms with Gasteiger partial charge in [0.15, 0.2) is 6.23 Å². The van der Waals surface area contributed by atoms with Gasteiger partial charge in [-0.3, -0.25) is 4.90 Å². The molecule has 3 nitrogen and oxygen atoms in total. The van der Waals surface area contributed by atoms with Crippen LogP contribution in [0.3, 0.4) is 0 Å². The van der Waals surface area contributed by atoms with Gasteiger partial charge in [-0.05, 0) is 18.8 Å². The highest BCUT2D eigenvalue weighted by Gasteiger charge is 2.41. The summed E-state index contributed by atoms with van der Waals surface area (Å²) in [6, 6.07) is 0. The molecule has 3 heteroatoms. The topological polar surface area (TPSA) is 43.4 Å². The third kappa shape index (κ3) is 0.779. The van der Waals surface area contributed by atoms with Crippen LogP contribution in [-0.4, -0.2) is 35.4 Å². The molecule has 3 aliphatic rings. The highest BCUT2D eigenvalue weighted by Crippen LogP contribution is 2.30. The minimum absolute atomic E-state index is 0.299. The highest BCUT2D eigenvalue weighted by molar-refractivity contribution is 4.88. The van der Waals surface area contributed by atoms with Crippen molar-refractivity contribution in [3.05, 3.63) is 0 Å². The van der Waals surface area contributed by atoms with Crippen LogP contribution in [0.2, 0.25) is 0 Å². The van der Waals surface area contributed by atoms with Crippen molar-refractivity contribution >= 4 is 0 Å². The third-order valence-electron chi connectivity index (χ3n) is 2.71. The summed E-state index contributed by atoms with van der Waals surface area (Å²) in [5, 5.41) is 20.5. The maximum absolute atomic E-state index is 11.1. The van der Waals surface area contributed by atoms with Gasteiger partial charge in [-0.1, -0.05) is 0 Å². The van der Waals surface area contributed by atoms with E-state index in [-0.39, 0.29) is 0 Å². The fourth-order valence-electron chi connectivity index (χ4n) is 1.96. The van der Waals surface area contributed by atoms with Crippen LogP contribution in [-0.2, 0) is 5.11 Å². The maximum atomic E-state index is 11.1. The van der Waals surface area contributed by atoms with Crippen molar-refractivity contribution in [2.75, 3.05) is 13.1 Å². The van der Waals surface area contributed by atoms with E-state index in [1.54, 1.807) is 0 Å². The Kier molecular flexibility index (Phi) is 1.44. The van der Waals surface area contributed by atoms with Gasteiger partial charge >= 0.3 is 0 Å². The molecule has 0 aromatic rings. The quantitative estimate of drug-likeness (QED) is 0.510. The standard InChI is InChI=1S/C7H12NO2/c9-6-5-1-3-8(4-2-5)7(6)10/h5-7,9H,1-4H2/t6?,7-/m1/s1. The maximum Gasteiger partial charge on any atom is 0.172 e. The van der Waals surface area contributed by atoms with Gasteiger partial charge in [0.1, 0.15) is 0 Å². The largest absolute Gasteiger partial charge is 0.389 e. The van der Waals surface area contributed by atoms with Gasteiger partial charge in [-0.15, -0.1) is 0 Å². The molecule has 2 atom stereocenters. The van der Waals surface area contributed by atoms with Crippen molar-refractivity contribution in [2.24, 2.45) is 5.92 Å². The van der Waals surface area contributed by atoms with E-state index >= 15 is 0 Å². The second-order valence-corrected chi connectivity index (χ2v) is 3.25. The molecule has 3 aliphatic heterocycles. The van der Waals surface area contributed by atoms with Gasteiger partial charge in [-0.2, -0.15) is 0 Å². The number of piperidine rings is 3. The van der Waals surface area contributed by atoms with Crippen LogP contribution in [0.4, 0.5) is 0 Å². The van der Waals surface area contributed by atoms with Crippen LogP contribution in [0, 0.1) is 5.92 Å². The number of aliphatic hydroxyl groups excluding tert-OH is 1. The Morgan fingerprint density at radius 2 is 1.90 bits per heavy atom. The van der Waals surface area contributed by atoms with Crippen LogP contribution < -0.4 is 0 Å². The lowest BCUT2D eigenvalue weighted by Gasteiger charge is -2.44. The SMILES string of the molecule is [O][C@@H]1C(O)C2CCN1CC2. The molecule has 0 aromatic heterocycles. The van der Waals surface area contributed by atoms with Gasteiger partial charge in [0.25, 0.3) is 0 Å². The summed E-state index contributed by atoms with van der Waals surface area (Å²) in [4.78, 5) is 1.84. The predicted octanol–water partition coefficient (Wildman–Crippen LogP) is -0.171. The summed E-state index contributed by atoms with van der Waals surface area (Å²) in [7, 11) is 0. The summed E-state index contributed by atoms with van der Waals surface area (Å²) in [6.07, 6.45) is 0.606. The van der Waals surface area contributed by atoms with Crippen LogP contribution in [0.15, 0.2) is 0 Å². The Labute approximate surface area is 60.3 Å². The average Bonchev–Trinajstić information content (AvgIpc) is 2.00. The van der Waals surface area contributed by atoms with E-state index in [0.29, 0.717) is 5.92 Å². The lowest BCUT2D eigenvalue weighted by molar-refractivity contribution is -0.190. The molecule has 0 aromatic carbocycles. The van der Waals surface area contributed by atoms with Gasteiger partial charge in [0, 0.05) is 13.1 Å². The molecule has 0 spiro atoms. The average molecular weight is 142 g/mol. The normalized spacial score (nSPS) is 53.4. The predicted molar refractivity (Wildman–Crippen MR) is 34.8 cm³/mol. The van der Waals surface area contributed by atoms with E-state index in [1.165, 1.54) is 0 Å². The first-order valence-corrected chi connectivity index (χ1v) is 3.87. The lowest BCUT2D eigenvalue weighted by atomic mass is 9.85. The Hall–Kier alpha value is -0.120. The third-order valence-corrected chi connectivity index (χ3v) is 2.71. The molecule has 0 saturated carbocycles. The molecule has 3 fully saturated rings. The summed E-state index contributed by atoms with van der Waals surface area (Å²) < 4.78 is 0. The zero-order chi connectivity index (χ0) is 7.14. The molecule has 3 saturated heterocycles. The molecule has 1 N–H and O–H groups in total. The summed E-state index contributed by atoms with van der Waals surface area (Å²) in [5.74, 6) is 0.299. The molecule has 57 valence electrons. The minimum Gasteiger partial charge on any atom is -0.389 e. The van der Waals surface area contributed by atoms with Crippen LogP contribution in [0.25, 0.3) is 0 Å². The van der Waals surface area contributed by atoms with Crippen LogP contribution in [0.1, 0.15) is 12.8 Å². The van der Waals surface area contributed by atoms with Crippen molar-refractivity contribution in [1.82, 2.24) is 4.90 Å². The van der Waals surface area contributed by atoms with Gasteiger partial charge < -0.3 is 5.11 Å². The van der Waals surface area contributed by atoms with E-state index in [4.69, 9.17) is 0 Å². The smallest absolute Gasteiger partial charge is 0.172 e. The summed E-state index contributed by atoms with van der Waals surface area (Å²) in [6.45, 7) is 1.80. The number of nitrogens with zero attached hydrogens (tertiary/aromatic N) is 1. The van der Waals surface area contributed by atoms with Gasteiger partial charge in [-0.25, -0.2) is 5.11 Å². The molecule has 1 radical (unpaired) electrons. The monoisotopic (exact) mass is 142 g/mol. The van der Waals surface area contributed by atoms with Crippen LogP contribution in [0.5, 0.6) is 0 Å². The zero-order valence-corrected chi connectivity index (χ0v) is 5.86. The number of fused-ring (bicyclic) bond motifs is 3. The van der Waals surface area contributed by atoms with Crippen molar-refractivity contribution in [2.45, 2.75) is 25.2 Å². The fraction of sp³-hybridized carbons (Fsp3) is 1.00. The lowest BCUT2D eigenvalue weighted by Crippen LogP contribution is -2.57. The van der Waals surface area contributed by atoms with E-state index < -0.39 is 12.3 Å². The number of aliphatic hydroxyl groups is 1. The Balaban J connectivity index is 2.13. The minimum atomic E-state index is -0.826. The second kappa shape index (κ2) is 2.19. The van der Waals surface area contributed by atoms with E-state index in [0.717, 1.165) is 25.9 Å². The fourth-order valence-corrected chi connectivity index (χ4v) is 1.96. The zero-order valence-electron chi connectivity index (χ0n) is 5.86. The van der Waals surface area contributed by atoms with Gasteiger partial charge in [0.05, 0.1) is 6.10 Å². The molecular weight excluding hydrogens is 130 g/mol. The Bertz CT molecular complexity index is 112. The number of rotatable bonds is 0. The first-order chi connectivity index (χ1) is 4.79. The van der Waals surface area contributed by atoms with E-state index in [2.05, 4.69) is 0 Å². The Morgan fingerprint density at radius 1 is 1.30 bits per heavy atom. The number of hydrogen-bond acceptors (Lipinski definition) is 2. The van der Waals surface area contributed by atoms with Gasteiger partial charge in [0.2, 0.25) is 0 Å². The molecule has 3 rings (SSSR count). The van der Waals surface area contributed by atoms with E-state index in [9.17, 15) is 10.2 Å². The van der Waals surface area contributed by atoms with Crippen molar-refractivity contribution in [3.63, 3.8) is 0 Å². The van der Waals surface area contributed by atoms with Crippen molar-refractivity contribution < 1.29 is 10.2 Å². The summed E-state index contributed by atoms with van der Waals surface area (Å²) >= 11 is 0. The Morgan fingerprint density at radius 3 is 2.20 bits per heavy atom. The van der Waals surface area contributed by atoms with Crippen LogP contribution >= 0.6 is 0 Å². The molecule has 3 heterocycles. The highest BCUT2D eigenvalue weighted by atomic mass is 16.3. The summed E-state index contributed by atoms with van der Waals surface area (Å²) in [5.41, 5.74) is 0. The molecule has 0 aliphatic carbocycles. The molecule has 1 unspecified atom stereocenters. The van der Waals surface area contributed by atoms with Crippen molar-refractivity contribution in [3.8, 4) is 0 Å². The first kappa shape index (κ1) is 6.58. The van der Waals surface area contributed by atoms with E-state index in [1.807, 2.05) is 4.90 Å². The number of hydrogen-bond donors (Lipinski definition) is 1. The first-order valence-electron chi connectivity index (χ1n) is 3.87.